The molecule has 36 heavy (non-hydrogen) atoms. The van der Waals surface area contributed by atoms with Crippen molar-refractivity contribution in [2.75, 3.05) is 44.8 Å². The molecule has 3 aromatic carbocycles. The van der Waals surface area contributed by atoms with Gasteiger partial charge in [0.05, 0.1) is 25.1 Å². The highest BCUT2D eigenvalue weighted by molar-refractivity contribution is 6.06. The molecule has 3 aromatic rings. The van der Waals surface area contributed by atoms with E-state index in [0.717, 1.165) is 42.4 Å². The van der Waals surface area contributed by atoms with E-state index in [-0.39, 0.29) is 5.91 Å². The summed E-state index contributed by atoms with van der Waals surface area (Å²) in [6, 6.07) is 23.3. The fourth-order valence-electron chi connectivity index (χ4n) is 4.24. The van der Waals surface area contributed by atoms with Crippen LogP contribution >= 0.6 is 0 Å². The van der Waals surface area contributed by atoms with Crippen LogP contribution in [0.15, 0.2) is 77.8 Å². The Morgan fingerprint density at radius 3 is 2.39 bits per heavy atom. The third-order valence-electron chi connectivity index (χ3n) is 6.21. The summed E-state index contributed by atoms with van der Waals surface area (Å²) >= 11 is 0. The highest BCUT2D eigenvalue weighted by atomic mass is 16.5. The lowest BCUT2D eigenvalue weighted by Gasteiger charge is -2.38. The predicted octanol–water partition coefficient (Wildman–Crippen LogP) is 4.90. The Morgan fingerprint density at radius 2 is 1.69 bits per heavy atom. The number of hydrogen-bond acceptors (Lipinski definition) is 5. The van der Waals surface area contributed by atoms with Crippen molar-refractivity contribution < 1.29 is 14.3 Å². The second kappa shape index (κ2) is 12.1. The van der Waals surface area contributed by atoms with Crippen molar-refractivity contribution in [2.45, 2.75) is 20.3 Å². The second-order valence-electron chi connectivity index (χ2n) is 8.52. The number of nitrogens with zero attached hydrogens (tertiary/aromatic N) is 3. The number of para-hydroxylation sites is 2. The normalized spacial score (nSPS) is 13.9. The van der Waals surface area contributed by atoms with Crippen LogP contribution in [0.5, 0.6) is 11.5 Å². The first-order valence-electron chi connectivity index (χ1n) is 12.5. The van der Waals surface area contributed by atoms with Gasteiger partial charge in [-0.3, -0.25) is 10.1 Å². The molecule has 0 saturated carbocycles. The molecule has 1 N–H and O–H groups in total. The number of rotatable bonds is 7. The molecule has 1 aliphatic heterocycles. The van der Waals surface area contributed by atoms with Crippen LogP contribution in [0.3, 0.4) is 0 Å². The number of nitrogens with one attached hydrogen (secondary N) is 1. The van der Waals surface area contributed by atoms with Gasteiger partial charge in [0.25, 0.3) is 5.91 Å². The van der Waals surface area contributed by atoms with Gasteiger partial charge < -0.3 is 19.3 Å². The van der Waals surface area contributed by atoms with Gasteiger partial charge >= 0.3 is 0 Å². The zero-order valence-electron chi connectivity index (χ0n) is 21.2. The molecule has 4 rings (SSSR count). The summed E-state index contributed by atoms with van der Waals surface area (Å²) in [6.07, 6.45) is 0.925. The lowest BCUT2D eigenvalue weighted by molar-refractivity contribution is 0.0971. The topological polar surface area (TPSA) is 66.4 Å². The number of aryl methyl sites for hydroxylation is 1. The summed E-state index contributed by atoms with van der Waals surface area (Å²) in [4.78, 5) is 22.5. The number of ether oxygens (including phenoxy) is 2. The smallest absolute Gasteiger partial charge is 0.257 e. The van der Waals surface area contributed by atoms with Crippen molar-refractivity contribution in [3.8, 4) is 11.5 Å². The lowest BCUT2D eigenvalue weighted by atomic mass is 10.1. The Balaban J connectivity index is 1.54. The van der Waals surface area contributed by atoms with Gasteiger partial charge in [0.2, 0.25) is 5.96 Å². The van der Waals surface area contributed by atoms with E-state index in [2.05, 4.69) is 40.2 Å². The molecule has 0 aromatic heterocycles. The first kappa shape index (κ1) is 25.1. The number of carbonyl (C=O) groups excluding carboxylic acids is 1. The van der Waals surface area contributed by atoms with Gasteiger partial charge in [-0.2, -0.15) is 0 Å². The summed E-state index contributed by atoms with van der Waals surface area (Å²) in [5.74, 6) is 1.96. The van der Waals surface area contributed by atoms with Crippen molar-refractivity contribution in [2.24, 2.45) is 4.99 Å². The fourth-order valence-corrected chi connectivity index (χ4v) is 4.24. The molecule has 1 amide bonds. The van der Waals surface area contributed by atoms with Gasteiger partial charge in [0.1, 0.15) is 11.5 Å². The Morgan fingerprint density at radius 1 is 0.944 bits per heavy atom. The molecule has 7 heteroatoms. The number of anilines is 1. The van der Waals surface area contributed by atoms with Crippen molar-refractivity contribution in [3.63, 3.8) is 0 Å². The van der Waals surface area contributed by atoms with E-state index in [0.29, 0.717) is 31.2 Å². The van der Waals surface area contributed by atoms with Crippen LogP contribution in [0.1, 0.15) is 29.8 Å². The monoisotopic (exact) mass is 486 g/mol. The number of methoxy groups -OCH3 is 1. The first-order valence-corrected chi connectivity index (χ1v) is 12.5. The molecule has 1 saturated heterocycles. The maximum Gasteiger partial charge on any atom is 0.257 e. The maximum atomic E-state index is 13.2. The Hall–Kier alpha value is -4.00. The SMILES string of the molecule is CCOc1ccc(C(=O)NC(=Nc2cccc(CC)c2)N2CCN(c3ccccc3OC)CC2)cc1. The molecule has 0 unspecified atom stereocenters. The molecule has 7 nitrogen and oxygen atoms in total. The fraction of sp³-hybridized carbons (Fsp3) is 0.310. The number of benzene rings is 3. The zero-order chi connectivity index (χ0) is 25.3. The van der Waals surface area contributed by atoms with Crippen molar-refractivity contribution in [1.82, 2.24) is 10.2 Å². The van der Waals surface area contributed by atoms with Gasteiger partial charge in [-0.05, 0) is 67.4 Å². The quantitative estimate of drug-likeness (QED) is 0.380. The molecule has 0 bridgehead atoms. The van der Waals surface area contributed by atoms with E-state index >= 15 is 0 Å². The highest BCUT2D eigenvalue weighted by Crippen LogP contribution is 2.28. The standard InChI is InChI=1S/C29H34N4O3/c1-4-22-9-8-10-24(21-22)30-29(31-28(34)23-13-15-25(16-14-23)36-5-2)33-19-17-32(18-20-33)26-11-6-7-12-27(26)35-3/h6-16,21H,4-5,17-20H2,1-3H3,(H,30,31,34). The number of aliphatic imine (C=N–C) groups is 1. The third kappa shape index (κ3) is 6.16. The van der Waals surface area contributed by atoms with E-state index in [1.807, 2.05) is 49.4 Å². The van der Waals surface area contributed by atoms with Crippen LogP contribution in [-0.2, 0) is 6.42 Å². The van der Waals surface area contributed by atoms with Crippen LogP contribution in [0.2, 0.25) is 0 Å². The number of carbonyl (C=O) groups is 1. The minimum atomic E-state index is -0.199. The van der Waals surface area contributed by atoms with Gasteiger partial charge in [0.15, 0.2) is 0 Å². The molecule has 0 radical (unpaired) electrons. The molecule has 0 atom stereocenters. The van der Waals surface area contributed by atoms with Gasteiger partial charge in [-0.25, -0.2) is 4.99 Å². The number of piperazine rings is 1. The summed E-state index contributed by atoms with van der Waals surface area (Å²) in [5.41, 5.74) is 3.66. The van der Waals surface area contributed by atoms with E-state index < -0.39 is 0 Å². The maximum absolute atomic E-state index is 13.2. The molecule has 0 spiro atoms. The summed E-state index contributed by atoms with van der Waals surface area (Å²) < 4.78 is 11.1. The van der Waals surface area contributed by atoms with Crippen molar-refractivity contribution in [1.29, 1.82) is 0 Å². The van der Waals surface area contributed by atoms with Crippen LogP contribution < -0.4 is 19.7 Å². The molecular formula is C29H34N4O3. The van der Waals surface area contributed by atoms with E-state index in [1.165, 1.54) is 5.56 Å². The van der Waals surface area contributed by atoms with Crippen molar-refractivity contribution >= 4 is 23.2 Å². The lowest BCUT2D eigenvalue weighted by Crippen LogP contribution is -2.53. The van der Waals surface area contributed by atoms with Crippen molar-refractivity contribution in [3.05, 3.63) is 83.9 Å². The Bertz CT molecular complexity index is 1190. The van der Waals surface area contributed by atoms with Gasteiger partial charge in [-0.15, -0.1) is 0 Å². The Kier molecular flexibility index (Phi) is 8.44. The zero-order valence-corrected chi connectivity index (χ0v) is 21.2. The minimum absolute atomic E-state index is 0.199. The van der Waals surface area contributed by atoms with E-state index in [1.54, 1.807) is 19.2 Å². The second-order valence-corrected chi connectivity index (χ2v) is 8.52. The largest absolute Gasteiger partial charge is 0.495 e. The van der Waals surface area contributed by atoms with Crippen LogP contribution in [0, 0.1) is 0 Å². The summed E-state index contributed by atoms with van der Waals surface area (Å²) in [7, 11) is 1.70. The summed E-state index contributed by atoms with van der Waals surface area (Å²) in [5, 5.41) is 3.07. The van der Waals surface area contributed by atoms with E-state index in [4.69, 9.17) is 14.5 Å². The molecule has 1 heterocycles. The molecule has 0 aliphatic carbocycles. The number of amides is 1. The van der Waals surface area contributed by atoms with E-state index in [9.17, 15) is 4.79 Å². The van der Waals surface area contributed by atoms with Gasteiger partial charge in [-0.1, -0.05) is 31.2 Å². The average molecular weight is 487 g/mol. The Labute approximate surface area is 213 Å². The first-order chi connectivity index (χ1) is 17.6. The van der Waals surface area contributed by atoms with Gasteiger partial charge in [0, 0.05) is 31.7 Å². The number of guanidine groups is 1. The molecule has 1 fully saturated rings. The van der Waals surface area contributed by atoms with Crippen LogP contribution in [0.4, 0.5) is 11.4 Å². The predicted molar refractivity (Wildman–Crippen MR) is 145 cm³/mol. The molecule has 1 aliphatic rings. The number of hydrogen-bond donors (Lipinski definition) is 1. The van der Waals surface area contributed by atoms with Crippen LogP contribution in [-0.4, -0.2) is 56.7 Å². The third-order valence-corrected chi connectivity index (χ3v) is 6.21. The highest BCUT2D eigenvalue weighted by Gasteiger charge is 2.23. The molecular weight excluding hydrogens is 452 g/mol. The molecule has 188 valence electrons. The minimum Gasteiger partial charge on any atom is -0.495 e. The van der Waals surface area contributed by atoms with Crippen LogP contribution in [0.25, 0.3) is 0 Å². The summed E-state index contributed by atoms with van der Waals surface area (Å²) in [6.45, 7) is 7.64. The average Bonchev–Trinajstić information content (AvgIpc) is 2.93.